The number of hydrogen-bond donors (Lipinski definition) is 5. The maximum Gasteiger partial charge on any atom is 0.351 e. The van der Waals surface area contributed by atoms with Crippen LogP contribution in [-0.2, 0) is 49.4 Å². The van der Waals surface area contributed by atoms with Crippen molar-refractivity contribution < 1.29 is 42.8 Å². The van der Waals surface area contributed by atoms with E-state index in [-0.39, 0.29) is 86.1 Å². The first kappa shape index (κ1) is 91.9. The van der Waals surface area contributed by atoms with Crippen LogP contribution in [0.5, 0.6) is 0 Å². The first-order chi connectivity index (χ1) is 50.8. The van der Waals surface area contributed by atoms with Crippen molar-refractivity contribution in [3.8, 4) is 0 Å². The Labute approximate surface area is 654 Å². The van der Waals surface area contributed by atoms with E-state index in [1.165, 1.54) is 142 Å². The van der Waals surface area contributed by atoms with E-state index in [0.717, 1.165) is 12.0 Å². The summed E-state index contributed by atoms with van der Waals surface area (Å²) in [7, 11) is 3.91. The molecule has 4 unspecified atom stereocenters. The number of anilines is 2. The summed E-state index contributed by atoms with van der Waals surface area (Å²) in [5.41, 5.74) is 0.940. The van der Waals surface area contributed by atoms with Gasteiger partial charge in [-0.05, 0) is 171 Å². The average molecular weight is 1560 g/mol. The van der Waals surface area contributed by atoms with Gasteiger partial charge in [-0.25, -0.2) is 18.9 Å². The van der Waals surface area contributed by atoms with Crippen molar-refractivity contribution in [2.75, 3.05) is 51.4 Å². The second-order valence-electron chi connectivity index (χ2n) is 30.8. The number of carbonyl (C=O) groups excluding carboxylic acids is 2. The number of rotatable bonds is 21. The van der Waals surface area contributed by atoms with Crippen molar-refractivity contribution in [2.45, 2.75) is 292 Å². The summed E-state index contributed by atoms with van der Waals surface area (Å²) >= 11 is 6.48. The van der Waals surface area contributed by atoms with Gasteiger partial charge in [0, 0.05) is 43.1 Å². The second kappa shape index (κ2) is 43.9. The highest BCUT2D eigenvalue weighted by atomic mass is 35.7. The Morgan fingerprint density at radius 1 is 0.620 bits per heavy atom. The van der Waals surface area contributed by atoms with Crippen molar-refractivity contribution in [1.82, 2.24) is 38.7 Å². The van der Waals surface area contributed by atoms with Gasteiger partial charge in [-0.15, -0.1) is 0 Å². The maximum absolute atomic E-state index is 12.9. The molecule has 2 aromatic heterocycles. The van der Waals surface area contributed by atoms with Crippen LogP contribution >= 0.6 is 27.4 Å². The van der Waals surface area contributed by atoms with Crippen molar-refractivity contribution in [2.24, 2.45) is 29.6 Å². The number of hydrogen-bond acceptors (Lipinski definition) is 17. The van der Waals surface area contributed by atoms with E-state index in [1.54, 1.807) is 46.0 Å². The number of nitrogens with one attached hydrogen (secondary N) is 3. The Balaban J connectivity index is 0.000000229. The van der Waals surface area contributed by atoms with E-state index in [4.69, 9.17) is 34.3 Å². The fraction of sp³-hybridized carbons (Fsp3) is 0.667. The summed E-state index contributed by atoms with van der Waals surface area (Å²) in [6, 6.07) is 35.1. The quantitative estimate of drug-likeness (QED) is 0.0429. The fourth-order valence-corrected chi connectivity index (χ4v) is 20.6. The van der Waals surface area contributed by atoms with Crippen molar-refractivity contribution >= 4 is 50.9 Å². The normalized spacial score (nSPS) is 27.8. The topological polar surface area (TPSA) is 236 Å². The zero-order valence-corrected chi connectivity index (χ0v) is 68.6. The zero-order valence-electron chi connectivity index (χ0n) is 66.1. The van der Waals surface area contributed by atoms with Crippen LogP contribution in [0.25, 0.3) is 0 Å². The third-order valence-corrected chi connectivity index (χ3v) is 26.8. The highest BCUT2D eigenvalue weighted by molar-refractivity contribution is 7.78. The third-order valence-electron chi connectivity index (χ3n) is 22.8. The van der Waals surface area contributed by atoms with Gasteiger partial charge in [0.25, 0.3) is 8.53 Å². The standard InChI is InChI=1S/C30H43N4O5P.C16H23ClNOP.C16H25NO.C14H21N3O4.C6H15N.2CH4/c1-6-23-24(19-26(37-23)34-18-17-25(32-29(34)36)31-28(35)20(2)3)38-40-33(5)27(21-13-9-7-10-14-21)30(4,39-40)22-15-11-8-12-16-22;1-16(14-11-7-4-8-12-14)15(18(2)20(17)19-16)13-9-5-3-6-10-13;1-16(18,14-11-7-4-8-12-14)15(17-2)13-9-5-3-6-10-13;1-4-10-9(18)7-12(21-10)17-6-5-11(16-14(17)20)15-13(19)8(2)3;1-4-7(5-2)6-3;;/h8,11-12,15-18,20-21,23-24,26-27H,6-7,9-10,13-14,19H2,1-5H3,(H,31,32,35,36);4,7-8,11-13,15H,3,5-6,9-10H2,1-2H3;4,7-8,11-13,15,17-18H,3,5-6,9-10H2,1-2H3;5-6,8-10,12,18H,4,7H2,1-3H3,(H,15,16,19,20);4-6H2,1-3H3;2*1H4/t23-,24?,26-,27+,30+,40?;15-,16-,20?;15-,16-;9?,10-,12-;;;/m1001.../s1. The molecule has 21 nitrogen and oxygen atoms in total. The molecule has 2 amide bonds. The number of benzene rings is 3. The van der Waals surface area contributed by atoms with Crippen molar-refractivity contribution in [3.05, 3.63) is 153 Å². The van der Waals surface area contributed by atoms with E-state index in [9.17, 15) is 29.4 Å². The summed E-state index contributed by atoms with van der Waals surface area (Å²) in [6.45, 7) is 27.6. The number of likely N-dealkylation sites (N-methyl/N-ethyl adjacent to an activating group) is 3. The molecule has 6 heterocycles. The molecule has 4 aliphatic heterocycles. The molecule has 14 atom stereocenters. The Hall–Kier alpha value is -4.93. The Morgan fingerprint density at radius 2 is 1.03 bits per heavy atom. The monoisotopic (exact) mass is 1560 g/mol. The lowest BCUT2D eigenvalue weighted by molar-refractivity contribution is -0.119. The summed E-state index contributed by atoms with van der Waals surface area (Å²) in [4.78, 5) is 58.8. The fourth-order valence-electron chi connectivity index (χ4n) is 16.7. The maximum atomic E-state index is 12.9. The lowest BCUT2D eigenvalue weighted by Gasteiger charge is -2.40. The molecule has 604 valence electrons. The third kappa shape index (κ3) is 23.6. The van der Waals surface area contributed by atoms with Gasteiger partial charge in [0.05, 0.1) is 36.5 Å². The minimum Gasteiger partial charge on any atom is -0.390 e. The second-order valence-corrected chi connectivity index (χ2v) is 34.4. The van der Waals surface area contributed by atoms with Gasteiger partial charge in [-0.2, -0.15) is 9.97 Å². The molecule has 108 heavy (non-hydrogen) atoms. The van der Waals surface area contributed by atoms with Crippen molar-refractivity contribution in [1.29, 1.82) is 0 Å². The largest absolute Gasteiger partial charge is 0.390 e. The number of aliphatic hydroxyl groups excluding tert-OH is 1. The van der Waals surface area contributed by atoms with Crippen molar-refractivity contribution in [3.63, 3.8) is 0 Å². The molecular weight excluding hydrogens is 1420 g/mol. The van der Waals surface area contributed by atoms with Crippen LogP contribution in [-0.4, -0.2) is 139 Å². The van der Waals surface area contributed by atoms with Crippen LogP contribution in [0.1, 0.15) is 249 Å². The predicted molar refractivity (Wildman–Crippen MR) is 441 cm³/mol. The molecule has 0 radical (unpaired) electrons. The first-order valence-electron chi connectivity index (χ1n) is 39.6. The van der Waals surface area contributed by atoms with Crippen LogP contribution in [0, 0.1) is 29.6 Å². The van der Waals surface area contributed by atoms with Crippen LogP contribution < -0.4 is 27.3 Å². The van der Waals surface area contributed by atoms with E-state index >= 15 is 0 Å². The highest BCUT2D eigenvalue weighted by Gasteiger charge is 2.57. The molecule has 3 aliphatic carbocycles. The van der Waals surface area contributed by atoms with Gasteiger partial charge < -0.3 is 54.1 Å². The molecule has 3 saturated carbocycles. The molecule has 0 bridgehead atoms. The van der Waals surface area contributed by atoms with Crippen LogP contribution in [0.3, 0.4) is 0 Å². The minimum absolute atomic E-state index is 0. The Morgan fingerprint density at radius 3 is 1.43 bits per heavy atom. The summed E-state index contributed by atoms with van der Waals surface area (Å²) in [5.74, 6) is 1.53. The number of halogens is 1. The number of nitrogens with zero attached hydrogens (tertiary/aromatic N) is 7. The smallest absolute Gasteiger partial charge is 0.351 e. The first-order valence-corrected chi connectivity index (χ1v) is 42.9. The number of carbonyl (C=O) groups is 2. The average Bonchev–Trinajstić information content (AvgIpc) is 1.59. The number of amides is 2. The SMILES string of the molecule is C.C.CCN(CC)CC.CC[C@H]1O[C@@H](n2ccc(NC(=O)C(C)C)nc2=O)CC1O.CC[C@H]1O[C@@H](n2ccc(NC(=O)C(C)C)nc2=O)CC1OP1O[C@@](C)(c2ccccc2)[C@H](C2CCCCC2)N1C.CN1[C@@H](C2CCCCC2)[C@](C)(c2ccccc2)OP1Cl.CN[C@@H](C1CCCCC1)[C@@](C)(O)c1ccccc1. The van der Waals surface area contributed by atoms with Crippen LogP contribution in [0.2, 0.25) is 0 Å². The summed E-state index contributed by atoms with van der Waals surface area (Å²) < 4.78 is 39.4. The summed E-state index contributed by atoms with van der Waals surface area (Å²) in [5, 5.41) is 29.4. The molecule has 7 fully saturated rings. The summed E-state index contributed by atoms with van der Waals surface area (Å²) in [6.07, 6.45) is 22.6. The van der Waals surface area contributed by atoms with Gasteiger partial charge in [-0.3, -0.25) is 18.7 Å². The molecule has 5 aromatic rings. The van der Waals surface area contributed by atoms with Gasteiger partial charge in [0.15, 0.2) is 0 Å². The molecule has 12 rings (SSSR count). The molecule has 24 heteroatoms. The minimum atomic E-state index is -1.34. The number of aromatic nitrogens is 4. The number of ether oxygens (including phenoxy) is 2. The predicted octanol–water partition coefficient (Wildman–Crippen LogP) is 17.8. The van der Waals surface area contributed by atoms with E-state index in [0.29, 0.717) is 43.1 Å². The van der Waals surface area contributed by atoms with E-state index in [1.807, 2.05) is 57.3 Å². The highest BCUT2D eigenvalue weighted by Crippen LogP contribution is 2.65. The molecule has 5 N–H and O–H groups in total. The van der Waals surface area contributed by atoms with Crippen LogP contribution in [0.4, 0.5) is 11.6 Å². The van der Waals surface area contributed by atoms with Gasteiger partial charge in [-0.1, -0.05) is 226 Å². The van der Waals surface area contributed by atoms with Gasteiger partial charge >= 0.3 is 11.4 Å². The molecular formula is C84H135ClN10O11P2. The van der Waals surface area contributed by atoms with Crippen LogP contribution in [0.15, 0.2) is 125 Å². The molecule has 4 saturated heterocycles. The molecule has 7 aliphatic rings. The van der Waals surface area contributed by atoms with E-state index < -0.39 is 57.3 Å². The lowest BCUT2D eigenvalue weighted by atomic mass is 9.75. The Bertz CT molecular complexity index is 3560. The van der Waals surface area contributed by atoms with Gasteiger partial charge in [0.1, 0.15) is 40.9 Å². The van der Waals surface area contributed by atoms with Gasteiger partial charge in [0.2, 0.25) is 19.5 Å². The number of aliphatic hydroxyl groups is 2. The molecule has 0 spiro atoms. The Kier molecular flexibility index (Phi) is 37.4. The molecule has 3 aromatic carbocycles. The lowest BCUT2D eigenvalue weighted by Crippen LogP contribution is -2.50. The zero-order chi connectivity index (χ0) is 76.9. The van der Waals surface area contributed by atoms with E-state index in [2.05, 4.69) is 150 Å².